The van der Waals surface area contributed by atoms with Gasteiger partial charge in [0, 0.05) is 4.47 Å². The molecule has 0 unspecified atom stereocenters. The first-order valence-electron chi connectivity index (χ1n) is 9.60. The molecule has 2 heteroatoms. The van der Waals surface area contributed by atoms with Crippen LogP contribution < -0.4 is 4.74 Å². The number of methoxy groups -OCH3 is 1. The van der Waals surface area contributed by atoms with E-state index >= 15 is 0 Å². The van der Waals surface area contributed by atoms with Crippen molar-refractivity contribution >= 4 is 15.9 Å². The van der Waals surface area contributed by atoms with E-state index in [0.29, 0.717) is 0 Å². The van der Waals surface area contributed by atoms with Gasteiger partial charge < -0.3 is 4.74 Å². The van der Waals surface area contributed by atoms with E-state index in [2.05, 4.69) is 35.0 Å². The molecule has 0 bridgehead atoms. The summed E-state index contributed by atoms with van der Waals surface area (Å²) < 4.78 is 6.58. The van der Waals surface area contributed by atoms with Crippen LogP contribution in [0.15, 0.2) is 22.7 Å². The maximum atomic E-state index is 5.44. The van der Waals surface area contributed by atoms with E-state index in [9.17, 15) is 0 Å². The van der Waals surface area contributed by atoms with Crippen molar-refractivity contribution in [3.05, 3.63) is 28.2 Å². The first-order valence-corrected chi connectivity index (χ1v) is 10.4. The Morgan fingerprint density at radius 1 is 0.783 bits per heavy atom. The van der Waals surface area contributed by atoms with Crippen molar-refractivity contribution in [2.75, 3.05) is 7.11 Å². The van der Waals surface area contributed by atoms with Crippen molar-refractivity contribution < 1.29 is 4.74 Å². The van der Waals surface area contributed by atoms with Crippen LogP contribution in [0.1, 0.15) is 89.5 Å². The lowest BCUT2D eigenvalue weighted by molar-refractivity contribution is 0.408. The summed E-state index contributed by atoms with van der Waals surface area (Å²) in [5, 5.41) is 0. The lowest BCUT2D eigenvalue weighted by Crippen LogP contribution is -1.93. The monoisotopic (exact) mass is 382 g/mol. The minimum absolute atomic E-state index is 1.02. The van der Waals surface area contributed by atoms with Crippen LogP contribution in [0.2, 0.25) is 0 Å². The van der Waals surface area contributed by atoms with E-state index in [1.165, 1.54) is 82.6 Å². The van der Waals surface area contributed by atoms with Gasteiger partial charge in [-0.3, -0.25) is 0 Å². The molecule has 0 saturated carbocycles. The standard InChI is InChI=1S/C21H35BrO/c1-3-4-5-6-7-8-9-10-11-12-13-14-15-19-18-20(22)16-17-21(19)23-2/h16-18H,3-15H2,1-2H3. The zero-order chi connectivity index (χ0) is 16.8. The predicted octanol–water partition coefficient (Wildman–Crippen LogP) is 7.70. The number of ether oxygens (including phenoxy) is 1. The highest BCUT2D eigenvalue weighted by Gasteiger charge is 2.03. The molecule has 0 spiro atoms. The van der Waals surface area contributed by atoms with Gasteiger partial charge in [-0.15, -0.1) is 0 Å². The fourth-order valence-corrected chi connectivity index (χ4v) is 3.51. The van der Waals surface area contributed by atoms with E-state index in [0.717, 1.165) is 16.6 Å². The highest BCUT2D eigenvalue weighted by atomic mass is 79.9. The van der Waals surface area contributed by atoms with Crippen molar-refractivity contribution in [3.8, 4) is 5.75 Å². The van der Waals surface area contributed by atoms with Crippen LogP contribution in [0.4, 0.5) is 0 Å². The second-order valence-electron chi connectivity index (χ2n) is 6.60. The number of halogens is 1. The molecule has 0 heterocycles. The van der Waals surface area contributed by atoms with Gasteiger partial charge in [0.15, 0.2) is 0 Å². The van der Waals surface area contributed by atoms with Crippen LogP contribution >= 0.6 is 15.9 Å². The smallest absolute Gasteiger partial charge is 0.122 e. The Hall–Kier alpha value is -0.500. The topological polar surface area (TPSA) is 9.23 Å². The Morgan fingerprint density at radius 2 is 1.30 bits per heavy atom. The summed E-state index contributed by atoms with van der Waals surface area (Å²) in [5.41, 5.74) is 1.33. The van der Waals surface area contributed by atoms with Gasteiger partial charge in [0.05, 0.1) is 7.11 Å². The van der Waals surface area contributed by atoms with Gasteiger partial charge in [-0.2, -0.15) is 0 Å². The van der Waals surface area contributed by atoms with Crippen LogP contribution in [0.5, 0.6) is 5.75 Å². The number of rotatable bonds is 14. The Bertz CT molecular complexity index is 403. The summed E-state index contributed by atoms with van der Waals surface area (Å²) in [6, 6.07) is 6.29. The molecule has 0 saturated heterocycles. The lowest BCUT2D eigenvalue weighted by atomic mass is 10.0. The molecule has 1 aromatic rings. The predicted molar refractivity (Wildman–Crippen MR) is 105 cm³/mol. The summed E-state index contributed by atoms with van der Waals surface area (Å²) in [6.07, 6.45) is 17.9. The van der Waals surface area contributed by atoms with Crippen molar-refractivity contribution in [1.82, 2.24) is 0 Å². The molecule has 0 N–H and O–H groups in total. The van der Waals surface area contributed by atoms with Gasteiger partial charge >= 0.3 is 0 Å². The normalized spacial score (nSPS) is 10.9. The van der Waals surface area contributed by atoms with Crippen LogP contribution in [-0.4, -0.2) is 7.11 Å². The van der Waals surface area contributed by atoms with E-state index in [4.69, 9.17) is 4.74 Å². The molecule has 1 nitrogen and oxygen atoms in total. The van der Waals surface area contributed by atoms with E-state index < -0.39 is 0 Å². The van der Waals surface area contributed by atoms with Gasteiger partial charge in [-0.25, -0.2) is 0 Å². The summed E-state index contributed by atoms with van der Waals surface area (Å²) in [5.74, 6) is 1.02. The van der Waals surface area contributed by atoms with E-state index in [1.807, 2.05) is 6.07 Å². The number of aryl methyl sites for hydroxylation is 1. The molecule has 1 aromatic carbocycles. The molecule has 23 heavy (non-hydrogen) atoms. The molecule has 0 fully saturated rings. The second-order valence-corrected chi connectivity index (χ2v) is 7.51. The minimum Gasteiger partial charge on any atom is -0.496 e. The van der Waals surface area contributed by atoms with Crippen LogP contribution in [0, 0.1) is 0 Å². The maximum absolute atomic E-state index is 5.44. The molecular formula is C21H35BrO. The third-order valence-electron chi connectivity index (χ3n) is 4.54. The van der Waals surface area contributed by atoms with Gasteiger partial charge in [0.1, 0.15) is 5.75 Å². The summed E-state index contributed by atoms with van der Waals surface area (Å²) >= 11 is 3.55. The van der Waals surface area contributed by atoms with Crippen LogP contribution in [0.3, 0.4) is 0 Å². The van der Waals surface area contributed by atoms with Crippen molar-refractivity contribution in [2.24, 2.45) is 0 Å². The molecule has 0 aliphatic rings. The lowest BCUT2D eigenvalue weighted by Gasteiger charge is -2.09. The summed E-state index contributed by atoms with van der Waals surface area (Å²) in [6.45, 7) is 2.28. The molecule has 0 aromatic heterocycles. The quantitative estimate of drug-likeness (QED) is 0.299. The van der Waals surface area contributed by atoms with Crippen LogP contribution in [-0.2, 0) is 6.42 Å². The SMILES string of the molecule is CCCCCCCCCCCCCCc1cc(Br)ccc1OC. The second kappa shape index (κ2) is 13.9. The highest BCUT2D eigenvalue weighted by Crippen LogP contribution is 2.25. The average molecular weight is 383 g/mol. The Morgan fingerprint density at radius 3 is 1.83 bits per heavy atom. The first-order chi connectivity index (χ1) is 11.3. The Labute approximate surface area is 152 Å². The number of benzene rings is 1. The number of unbranched alkanes of at least 4 members (excludes halogenated alkanes) is 11. The summed E-state index contributed by atoms with van der Waals surface area (Å²) in [4.78, 5) is 0. The van der Waals surface area contributed by atoms with Crippen molar-refractivity contribution in [1.29, 1.82) is 0 Å². The fourth-order valence-electron chi connectivity index (χ4n) is 3.10. The summed E-state index contributed by atoms with van der Waals surface area (Å²) in [7, 11) is 1.76. The van der Waals surface area contributed by atoms with E-state index in [-0.39, 0.29) is 0 Å². The molecule has 132 valence electrons. The number of hydrogen-bond acceptors (Lipinski definition) is 1. The van der Waals surface area contributed by atoms with Gasteiger partial charge in [-0.1, -0.05) is 93.5 Å². The third kappa shape index (κ3) is 10.1. The molecule has 0 aliphatic carbocycles. The Kier molecular flexibility index (Phi) is 12.4. The molecule has 0 radical (unpaired) electrons. The molecule has 0 amide bonds. The third-order valence-corrected chi connectivity index (χ3v) is 5.04. The average Bonchev–Trinajstić information content (AvgIpc) is 2.56. The highest BCUT2D eigenvalue weighted by molar-refractivity contribution is 9.10. The van der Waals surface area contributed by atoms with Crippen LogP contribution in [0.25, 0.3) is 0 Å². The van der Waals surface area contributed by atoms with Gasteiger partial charge in [-0.05, 0) is 36.6 Å². The van der Waals surface area contributed by atoms with Gasteiger partial charge in [0.2, 0.25) is 0 Å². The molecule has 0 atom stereocenters. The van der Waals surface area contributed by atoms with Crippen molar-refractivity contribution in [2.45, 2.75) is 90.4 Å². The molecule has 1 rings (SSSR count). The molecular weight excluding hydrogens is 348 g/mol. The van der Waals surface area contributed by atoms with Gasteiger partial charge in [0.25, 0.3) is 0 Å². The zero-order valence-corrected chi connectivity index (χ0v) is 16.8. The van der Waals surface area contributed by atoms with Crippen molar-refractivity contribution in [3.63, 3.8) is 0 Å². The molecule has 0 aliphatic heterocycles. The maximum Gasteiger partial charge on any atom is 0.122 e. The largest absolute Gasteiger partial charge is 0.496 e. The first kappa shape index (κ1) is 20.5. The minimum atomic E-state index is 1.02. The zero-order valence-electron chi connectivity index (χ0n) is 15.2. The van der Waals surface area contributed by atoms with E-state index in [1.54, 1.807) is 7.11 Å². The number of hydrogen-bond donors (Lipinski definition) is 0. The Balaban J connectivity index is 1.97. The fraction of sp³-hybridized carbons (Fsp3) is 0.714.